The first kappa shape index (κ1) is 17.1. The minimum absolute atomic E-state index is 0.0397. The monoisotopic (exact) mass is 355 g/mol. The number of aryl methyl sites for hydroxylation is 4. The summed E-state index contributed by atoms with van der Waals surface area (Å²) in [5, 5.41) is 8.49. The molecule has 3 heterocycles. The molecule has 2 aromatic rings. The van der Waals surface area contributed by atoms with Gasteiger partial charge < -0.3 is 9.32 Å². The quantitative estimate of drug-likeness (QED) is 0.841. The van der Waals surface area contributed by atoms with E-state index >= 15 is 0 Å². The minimum Gasteiger partial charge on any atom is -0.425 e. The van der Waals surface area contributed by atoms with Gasteiger partial charge in [0, 0.05) is 19.5 Å². The fourth-order valence-electron chi connectivity index (χ4n) is 4.46. The van der Waals surface area contributed by atoms with E-state index in [-0.39, 0.29) is 11.3 Å². The third kappa shape index (κ3) is 2.52. The van der Waals surface area contributed by atoms with E-state index in [1.165, 1.54) is 0 Å². The van der Waals surface area contributed by atoms with Crippen LogP contribution in [0, 0.1) is 26.7 Å². The highest BCUT2D eigenvalue weighted by Gasteiger charge is 2.55. The minimum atomic E-state index is -0.197. The molecule has 4 rings (SSSR count). The number of amides is 1. The summed E-state index contributed by atoms with van der Waals surface area (Å²) < 4.78 is 5.93. The summed E-state index contributed by atoms with van der Waals surface area (Å²) in [4.78, 5) is 24.1. The van der Waals surface area contributed by atoms with Crippen molar-refractivity contribution in [2.75, 3.05) is 13.1 Å². The zero-order chi connectivity index (χ0) is 18.5. The third-order valence-corrected chi connectivity index (χ3v) is 6.04. The van der Waals surface area contributed by atoms with Gasteiger partial charge in [0.05, 0.1) is 22.5 Å². The van der Waals surface area contributed by atoms with Crippen LogP contribution < -0.4 is 0 Å². The lowest BCUT2D eigenvalue weighted by molar-refractivity contribution is 0.0768. The van der Waals surface area contributed by atoms with Gasteiger partial charge in [-0.15, -0.1) is 10.2 Å². The van der Waals surface area contributed by atoms with E-state index in [1.54, 1.807) is 0 Å². The van der Waals surface area contributed by atoms with Crippen LogP contribution in [0.2, 0.25) is 0 Å². The number of carbonyl (C=O) groups is 1. The van der Waals surface area contributed by atoms with Crippen LogP contribution in [0.4, 0.5) is 0 Å². The van der Waals surface area contributed by atoms with E-state index in [0.717, 1.165) is 43.6 Å². The van der Waals surface area contributed by atoms with E-state index in [1.807, 2.05) is 32.6 Å². The number of nitrogens with zero attached hydrogens (tertiary/aromatic N) is 5. The molecule has 1 aliphatic heterocycles. The molecule has 26 heavy (non-hydrogen) atoms. The fourth-order valence-corrected chi connectivity index (χ4v) is 4.46. The SMILES string of the molecule is CCc1nnc([C@]23CCC[C@H]2CN(C(=O)c2nc(C)c(C)nc2C)C3)o1. The van der Waals surface area contributed by atoms with Crippen molar-refractivity contribution < 1.29 is 9.21 Å². The van der Waals surface area contributed by atoms with Crippen molar-refractivity contribution in [1.29, 1.82) is 0 Å². The average molecular weight is 355 g/mol. The third-order valence-electron chi connectivity index (χ3n) is 6.04. The Morgan fingerprint density at radius 1 is 1.19 bits per heavy atom. The summed E-state index contributed by atoms with van der Waals surface area (Å²) in [5.74, 6) is 1.70. The van der Waals surface area contributed by atoms with Gasteiger partial charge in [-0.05, 0) is 39.5 Å². The molecule has 138 valence electrons. The molecule has 0 aromatic carbocycles. The number of hydrogen-bond donors (Lipinski definition) is 0. The molecular formula is C19H25N5O2. The van der Waals surface area contributed by atoms with Gasteiger partial charge in [0.15, 0.2) is 0 Å². The second kappa shape index (κ2) is 6.14. The van der Waals surface area contributed by atoms with Gasteiger partial charge in [-0.3, -0.25) is 9.78 Å². The van der Waals surface area contributed by atoms with E-state index < -0.39 is 0 Å². The van der Waals surface area contributed by atoms with Crippen molar-refractivity contribution in [3.63, 3.8) is 0 Å². The van der Waals surface area contributed by atoms with Gasteiger partial charge in [0.2, 0.25) is 11.8 Å². The van der Waals surface area contributed by atoms with Gasteiger partial charge in [-0.1, -0.05) is 13.3 Å². The Hall–Kier alpha value is -2.31. The molecule has 0 unspecified atom stereocenters. The maximum absolute atomic E-state index is 13.2. The van der Waals surface area contributed by atoms with Gasteiger partial charge in [0.1, 0.15) is 5.69 Å². The Kier molecular flexibility index (Phi) is 4.04. The molecule has 2 aliphatic rings. The zero-order valence-corrected chi connectivity index (χ0v) is 15.9. The molecule has 0 radical (unpaired) electrons. The molecular weight excluding hydrogens is 330 g/mol. The Morgan fingerprint density at radius 2 is 1.96 bits per heavy atom. The van der Waals surface area contributed by atoms with Crippen molar-refractivity contribution in [2.24, 2.45) is 5.92 Å². The van der Waals surface area contributed by atoms with Gasteiger partial charge in [-0.2, -0.15) is 0 Å². The lowest BCUT2D eigenvalue weighted by atomic mass is 9.80. The summed E-state index contributed by atoms with van der Waals surface area (Å²) in [6.07, 6.45) is 3.95. The first-order valence-corrected chi connectivity index (χ1v) is 9.38. The standard InChI is InChI=1S/C19H25N5O2/c1-5-15-22-23-18(26-15)19-8-6-7-14(19)9-24(10-19)17(25)16-13(4)20-11(2)12(3)21-16/h14H,5-10H2,1-4H3/t14-,19-/m0/s1. The smallest absolute Gasteiger partial charge is 0.274 e. The van der Waals surface area contributed by atoms with Crippen LogP contribution in [0.15, 0.2) is 4.42 Å². The van der Waals surface area contributed by atoms with Gasteiger partial charge >= 0.3 is 0 Å². The molecule has 2 aromatic heterocycles. The van der Waals surface area contributed by atoms with E-state index in [4.69, 9.17) is 4.42 Å². The highest BCUT2D eigenvalue weighted by molar-refractivity contribution is 5.93. The van der Waals surface area contributed by atoms with Crippen molar-refractivity contribution >= 4 is 5.91 Å². The molecule has 1 aliphatic carbocycles. The van der Waals surface area contributed by atoms with Crippen LogP contribution in [0.1, 0.15) is 65.5 Å². The van der Waals surface area contributed by atoms with Gasteiger partial charge in [-0.25, -0.2) is 4.98 Å². The number of carbonyl (C=O) groups excluding carboxylic acids is 1. The number of likely N-dealkylation sites (tertiary alicyclic amines) is 1. The first-order valence-electron chi connectivity index (χ1n) is 9.38. The second-order valence-corrected chi connectivity index (χ2v) is 7.61. The summed E-state index contributed by atoms with van der Waals surface area (Å²) in [6, 6.07) is 0. The summed E-state index contributed by atoms with van der Waals surface area (Å²) in [6.45, 7) is 9.01. The second-order valence-electron chi connectivity index (χ2n) is 7.61. The number of fused-ring (bicyclic) bond motifs is 1. The topological polar surface area (TPSA) is 85.0 Å². The van der Waals surface area contributed by atoms with Crippen molar-refractivity contribution in [1.82, 2.24) is 25.1 Å². The van der Waals surface area contributed by atoms with Crippen LogP contribution in [0.3, 0.4) is 0 Å². The molecule has 7 heteroatoms. The fraction of sp³-hybridized carbons (Fsp3) is 0.632. The lowest BCUT2D eigenvalue weighted by Crippen LogP contribution is -2.35. The Labute approximate surface area is 153 Å². The number of aromatic nitrogens is 4. The molecule has 1 saturated heterocycles. The average Bonchev–Trinajstić information content (AvgIpc) is 3.30. The van der Waals surface area contributed by atoms with E-state index in [2.05, 4.69) is 20.2 Å². The first-order chi connectivity index (χ1) is 12.4. The number of hydrogen-bond acceptors (Lipinski definition) is 6. The summed E-state index contributed by atoms with van der Waals surface area (Å²) in [5.41, 5.74) is 2.62. The van der Waals surface area contributed by atoms with Crippen molar-refractivity contribution in [3.8, 4) is 0 Å². The molecule has 0 spiro atoms. The highest BCUT2D eigenvalue weighted by atomic mass is 16.4. The van der Waals surface area contributed by atoms with Crippen LogP contribution in [0.5, 0.6) is 0 Å². The Morgan fingerprint density at radius 3 is 2.69 bits per heavy atom. The summed E-state index contributed by atoms with van der Waals surface area (Å²) >= 11 is 0. The maximum atomic E-state index is 13.2. The molecule has 1 amide bonds. The lowest BCUT2D eigenvalue weighted by Gasteiger charge is -2.24. The zero-order valence-electron chi connectivity index (χ0n) is 15.9. The molecule has 0 bridgehead atoms. The molecule has 0 N–H and O–H groups in total. The highest BCUT2D eigenvalue weighted by Crippen LogP contribution is 2.50. The van der Waals surface area contributed by atoms with Crippen molar-refractivity contribution in [2.45, 2.75) is 58.8 Å². The van der Waals surface area contributed by atoms with Crippen LogP contribution in [-0.2, 0) is 11.8 Å². The Balaban J connectivity index is 1.64. The summed E-state index contributed by atoms with van der Waals surface area (Å²) in [7, 11) is 0. The predicted octanol–water partition coefficient (Wildman–Crippen LogP) is 2.54. The molecule has 2 atom stereocenters. The normalized spacial score (nSPS) is 24.9. The van der Waals surface area contributed by atoms with Crippen LogP contribution >= 0.6 is 0 Å². The molecule has 2 fully saturated rings. The Bertz CT molecular complexity index is 862. The van der Waals surface area contributed by atoms with Crippen molar-refractivity contribution in [3.05, 3.63) is 34.6 Å². The molecule has 1 saturated carbocycles. The van der Waals surface area contributed by atoms with Gasteiger partial charge in [0.25, 0.3) is 5.91 Å². The van der Waals surface area contributed by atoms with E-state index in [9.17, 15) is 4.79 Å². The molecule has 7 nitrogen and oxygen atoms in total. The number of rotatable bonds is 3. The predicted molar refractivity (Wildman–Crippen MR) is 94.8 cm³/mol. The largest absolute Gasteiger partial charge is 0.425 e. The van der Waals surface area contributed by atoms with E-state index in [0.29, 0.717) is 35.6 Å². The van der Waals surface area contributed by atoms with Crippen LogP contribution in [-0.4, -0.2) is 44.1 Å². The van der Waals surface area contributed by atoms with Crippen LogP contribution in [0.25, 0.3) is 0 Å². The maximum Gasteiger partial charge on any atom is 0.274 e.